The largest absolute Gasteiger partial charge is 0.352 e. The van der Waals surface area contributed by atoms with Crippen LogP contribution < -0.4 is 11.1 Å². The van der Waals surface area contributed by atoms with Gasteiger partial charge in [-0.1, -0.05) is 50.2 Å². The lowest BCUT2D eigenvalue weighted by molar-refractivity contribution is 0.0946. The topological polar surface area (TPSA) is 55.1 Å². The van der Waals surface area contributed by atoms with Gasteiger partial charge in [0.25, 0.3) is 5.91 Å². The van der Waals surface area contributed by atoms with Crippen molar-refractivity contribution in [2.75, 3.05) is 13.1 Å². The highest BCUT2D eigenvalue weighted by Gasteiger charge is 2.12. The number of carbonyl (C=O) groups excluding carboxylic acids is 1. The lowest BCUT2D eigenvalue weighted by atomic mass is 10.0. The summed E-state index contributed by atoms with van der Waals surface area (Å²) in [5, 5.41) is 3.01. The zero-order valence-corrected chi connectivity index (χ0v) is 12.6. The van der Waals surface area contributed by atoms with Crippen LogP contribution in [-0.2, 0) is 0 Å². The molecule has 0 radical (unpaired) electrons. The number of nitrogens with one attached hydrogen (secondary N) is 1. The molecule has 0 atom stereocenters. The van der Waals surface area contributed by atoms with E-state index in [0.29, 0.717) is 24.6 Å². The first-order chi connectivity index (χ1) is 9.62. The molecule has 20 heavy (non-hydrogen) atoms. The van der Waals surface area contributed by atoms with Gasteiger partial charge in [0, 0.05) is 12.1 Å². The van der Waals surface area contributed by atoms with Crippen LogP contribution in [0.2, 0.25) is 0 Å². The average molecular weight is 272 g/mol. The quantitative estimate of drug-likeness (QED) is 0.809. The van der Waals surface area contributed by atoms with E-state index in [4.69, 9.17) is 5.73 Å². The van der Waals surface area contributed by atoms with Crippen LogP contribution in [0.4, 0.5) is 0 Å². The molecule has 1 amide bonds. The lowest BCUT2D eigenvalue weighted by Gasteiger charge is -2.14. The van der Waals surface area contributed by atoms with Gasteiger partial charge in [0.1, 0.15) is 0 Å². The molecule has 108 valence electrons. The number of hydrogen-bond donors (Lipinski definition) is 2. The van der Waals surface area contributed by atoms with E-state index in [1.54, 1.807) is 0 Å². The molecule has 0 fully saturated rings. The summed E-state index contributed by atoms with van der Waals surface area (Å²) >= 11 is 0. The first kappa shape index (κ1) is 16.3. The van der Waals surface area contributed by atoms with Crippen LogP contribution >= 0.6 is 0 Å². The van der Waals surface area contributed by atoms with Crippen molar-refractivity contribution in [1.82, 2.24) is 5.32 Å². The van der Waals surface area contributed by atoms with E-state index in [-0.39, 0.29) is 5.91 Å². The van der Waals surface area contributed by atoms with E-state index in [0.717, 1.165) is 24.0 Å². The number of hydrogen-bond acceptors (Lipinski definition) is 2. The summed E-state index contributed by atoms with van der Waals surface area (Å²) in [6.07, 6.45) is 2.15. The molecular formula is C17H24N2O. The Bertz CT molecular complexity index is 507. The van der Waals surface area contributed by atoms with Crippen LogP contribution in [0, 0.1) is 24.7 Å². The summed E-state index contributed by atoms with van der Waals surface area (Å²) in [6.45, 7) is 7.26. The number of aryl methyl sites for hydroxylation is 1. The van der Waals surface area contributed by atoms with Gasteiger partial charge in [0.15, 0.2) is 0 Å². The predicted molar refractivity (Wildman–Crippen MR) is 83.5 cm³/mol. The minimum Gasteiger partial charge on any atom is -0.352 e. The Balaban J connectivity index is 2.88. The third-order valence-corrected chi connectivity index (χ3v) is 3.45. The van der Waals surface area contributed by atoms with Crippen molar-refractivity contribution in [2.45, 2.75) is 33.6 Å². The van der Waals surface area contributed by atoms with Crippen molar-refractivity contribution in [1.29, 1.82) is 0 Å². The second-order valence-corrected chi connectivity index (χ2v) is 4.95. The molecule has 1 rings (SSSR count). The minimum absolute atomic E-state index is 0.0538. The lowest BCUT2D eigenvalue weighted by Crippen LogP contribution is -2.29. The third-order valence-electron chi connectivity index (χ3n) is 3.45. The molecule has 0 aliphatic rings. The van der Waals surface area contributed by atoms with Gasteiger partial charge in [-0.05, 0) is 25.0 Å². The molecule has 0 aliphatic heterocycles. The molecule has 0 saturated heterocycles. The van der Waals surface area contributed by atoms with Crippen LogP contribution in [-0.4, -0.2) is 19.0 Å². The molecule has 0 spiro atoms. The van der Waals surface area contributed by atoms with Gasteiger partial charge in [0.05, 0.1) is 12.1 Å². The Morgan fingerprint density at radius 2 is 2.05 bits per heavy atom. The van der Waals surface area contributed by atoms with Gasteiger partial charge in [-0.3, -0.25) is 4.79 Å². The maximum atomic E-state index is 12.3. The second-order valence-electron chi connectivity index (χ2n) is 4.95. The number of carbonyl (C=O) groups is 1. The fourth-order valence-corrected chi connectivity index (χ4v) is 2.01. The SMILES string of the molecule is CCC(CC)CNC(=O)c1cc(C)ccc1C#CCN. The zero-order valence-electron chi connectivity index (χ0n) is 12.6. The zero-order chi connectivity index (χ0) is 15.0. The van der Waals surface area contributed by atoms with Gasteiger partial charge in [0.2, 0.25) is 0 Å². The van der Waals surface area contributed by atoms with Gasteiger partial charge in [-0.25, -0.2) is 0 Å². The van der Waals surface area contributed by atoms with E-state index in [1.807, 2.05) is 25.1 Å². The smallest absolute Gasteiger partial charge is 0.252 e. The molecule has 0 aliphatic carbocycles. The number of nitrogens with two attached hydrogens (primary N) is 1. The molecule has 0 heterocycles. The molecule has 0 aromatic heterocycles. The molecular weight excluding hydrogens is 248 g/mol. The summed E-state index contributed by atoms with van der Waals surface area (Å²) in [7, 11) is 0. The Hall–Kier alpha value is -1.79. The van der Waals surface area contributed by atoms with Crippen molar-refractivity contribution in [3.8, 4) is 11.8 Å². The van der Waals surface area contributed by atoms with Crippen molar-refractivity contribution >= 4 is 5.91 Å². The Morgan fingerprint density at radius 3 is 2.65 bits per heavy atom. The van der Waals surface area contributed by atoms with Gasteiger partial charge in [-0.15, -0.1) is 0 Å². The van der Waals surface area contributed by atoms with E-state index < -0.39 is 0 Å². The van der Waals surface area contributed by atoms with Crippen molar-refractivity contribution in [3.63, 3.8) is 0 Å². The van der Waals surface area contributed by atoms with Crippen molar-refractivity contribution < 1.29 is 4.79 Å². The molecule has 3 nitrogen and oxygen atoms in total. The Labute approximate surface area is 121 Å². The second kappa shape index (κ2) is 8.39. The average Bonchev–Trinajstić information content (AvgIpc) is 2.46. The van der Waals surface area contributed by atoms with E-state index >= 15 is 0 Å². The normalized spacial score (nSPS) is 10.1. The summed E-state index contributed by atoms with van der Waals surface area (Å²) < 4.78 is 0. The maximum Gasteiger partial charge on any atom is 0.252 e. The summed E-state index contributed by atoms with van der Waals surface area (Å²) in [4.78, 5) is 12.3. The standard InChI is InChI=1S/C17H24N2O/c1-4-14(5-2)12-19-17(20)16-11-13(3)8-9-15(16)7-6-10-18/h8-9,11,14H,4-5,10,12,18H2,1-3H3,(H,19,20). The van der Waals surface area contributed by atoms with Crippen LogP contribution in [0.3, 0.4) is 0 Å². The van der Waals surface area contributed by atoms with Crippen LogP contribution in [0.15, 0.2) is 18.2 Å². The molecule has 0 bridgehead atoms. The van der Waals surface area contributed by atoms with Gasteiger partial charge < -0.3 is 11.1 Å². The number of amides is 1. The van der Waals surface area contributed by atoms with Gasteiger partial charge >= 0.3 is 0 Å². The molecule has 1 aromatic rings. The summed E-state index contributed by atoms with van der Waals surface area (Å²) in [5.74, 6) is 6.24. The predicted octanol–water partition coefficient (Wildman–Crippen LogP) is 2.47. The van der Waals surface area contributed by atoms with Crippen molar-refractivity contribution in [3.05, 3.63) is 34.9 Å². The summed E-state index contributed by atoms with van der Waals surface area (Å²) in [6, 6.07) is 5.71. The fraction of sp³-hybridized carbons (Fsp3) is 0.471. The Morgan fingerprint density at radius 1 is 1.35 bits per heavy atom. The van der Waals surface area contributed by atoms with Crippen molar-refractivity contribution in [2.24, 2.45) is 11.7 Å². The van der Waals surface area contributed by atoms with Crippen LogP contribution in [0.1, 0.15) is 48.2 Å². The van der Waals surface area contributed by atoms with Gasteiger partial charge in [-0.2, -0.15) is 0 Å². The molecule has 0 saturated carbocycles. The minimum atomic E-state index is -0.0538. The number of benzene rings is 1. The third kappa shape index (κ3) is 4.71. The highest BCUT2D eigenvalue weighted by atomic mass is 16.1. The molecule has 0 unspecified atom stereocenters. The van der Waals surface area contributed by atoms with E-state index in [2.05, 4.69) is 31.0 Å². The molecule has 1 aromatic carbocycles. The molecule has 3 heteroatoms. The Kier molecular flexibility index (Phi) is 6.83. The monoisotopic (exact) mass is 272 g/mol. The fourth-order valence-electron chi connectivity index (χ4n) is 2.01. The number of rotatable bonds is 5. The first-order valence-corrected chi connectivity index (χ1v) is 7.20. The maximum absolute atomic E-state index is 12.3. The summed E-state index contributed by atoms with van der Waals surface area (Å²) in [5.41, 5.74) is 7.82. The first-order valence-electron chi connectivity index (χ1n) is 7.20. The van der Waals surface area contributed by atoms with E-state index in [9.17, 15) is 4.79 Å². The van der Waals surface area contributed by atoms with Crippen LogP contribution in [0.5, 0.6) is 0 Å². The van der Waals surface area contributed by atoms with E-state index in [1.165, 1.54) is 0 Å². The highest BCUT2D eigenvalue weighted by molar-refractivity contribution is 5.96. The molecule has 3 N–H and O–H groups in total. The van der Waals surface area contributed by atoms with Crippen LogP contribution in [0.25, 0.3) is 0 Å². The highest BCUT2D eigenvalue weighted by Crippen LogP contribution is 2.12.